The zero-order chi connectivity index (χ0) is 21.3. The number of benzene rings is 1. The number of nitrogens with zero attached hydrogens (tertiary/aromatic N) is 3. The van der Waals surface area contributed by atoms with Gasteiger partial charge in [0.2, 0.25) is 11.8 Å². The number of ether oxygens (including phenoxy) is 1. The Labute approximate surface area is 176 Å². The monoisotopic (exact) mass is 412 g/mol. The number of carbonyl (C=O) groups is 2. The minimum Gasteiger partial charge on any atom is -0.484 e. The van der Waals surface area contributed by atoms with E-state index in [1.165, 1.54) is 0 Å². The van der Waals surface area contributed by atoms with E-state index in [0.29, 0.717) is 37.0 Å². The second kappa shape index (κ2) is 8.08. The van der Waals surface area contributed by atoms with Crippen molar-refractivity contribution < 1.29 is 18.8 Å². The minimum atomic E-state index is -0.413. The molecular weight excluding hydrogens is 384 g/mol. The number of hydrogen-bond acceptors (Lipinski definition) is 6. The summed E-state index contributed by atoms with van der Waals surface area (Å²) in [6.07, 6.45) is 1.43. The molecule has 160 valence electrons. The quantitative estimate of drug-likeness (QED) is 0.780. The van der Waals surface area contributed by atoms with Crippen molar-refractivity contribution in [1.82, 2.24) is 20.4 Å². The maximum atomic E-state index is 12.6. The van der Waals surface area contributed by atoms with E-state index in [9.17, 15) is 9.59 Å². The van der Waals surface area contributed by atoms with E-state index in [0.717, 1.165) is 6.42 Å². The molecule has 2 heterocycles. The summed E-state index contributed by atoms with van der Waals surface area (Å²) < 4.78 is 11.1. The van der Waals surface area contributed by atoms with Gasteiger partial charge in [0.15, 0.2) is 12.4 Å². The number of aromatic nitrogens is 2. The number of fused-ring (bicyclic) bond motifs is 1. The highest BCUT2D eigenvalue weighted by Gasteiger charge is 2.58. The molecule has 2 amide bonds. The van der Waals surface area contributed by atoms with E-state index < -0.39 is 5.41 Å². The molecule has 4 rings (SSSR count). The topological polar surface area (TPSA) is 97.6 Å². The largest absolute Gasteiger partial charge is 0.484 e. The van der Waals surface area contributed by atoms with E-state index in [1.54, 1.807) is 6.92 Å². The zero-order valence-electron chi connectivity index (χ0n) is 17.6. The van der Waals surface area contributed by atoms with Crippen LogP contribution in [0.1, 0.15) is 38.4 Å². The van der Waals surface area contributed by atoms with Crippen molar-refractivity contribution >= 4 is 11.8 Å². The first-order valence-electron chi connectivity index (χ1n) is 10.4. The van der Waals surface area contributed by atoms with E-state index >= 15 is 0 Å². The third kappa shape index (κ3) is 3.91. The summed E-state index contributed by atoms with van der Waals surface area (Å²) >= 11 is 0. The summed E-state index contributed by atoms with van der Waals surface area (Å²) in [7, 11) is 0. The van der Waals surface area contributed by atoms with E-state index in [1.807, 2.05) is 49.1 Å². The first-order valence-corrected chi connectivity index (χ1v) is 10.4. The Kier molecular flexibility index (Phi) is 5.49. The van der Waals surface area contributed by atoms with Gasteiger partial charge in [0.05, 0.1) is 5.41 Å². The maximum absolute atomic E-state index is 12.6. The summed E-state index contributed by atoms with van der Waals surface area (Å²) in [4.78, 5) is 31.5. The highest BCUT2D eigenvalue weighted by atomic mass is 16.5. The Balaban J connectivity index is 1.44. The van der Waals surface area contributed by atoms with Crippen LogP contribution in [-0.4, -0.2) is 52.6 Å². The molecule has 3 atom stereocenters. The molecule has 1 aromatic heterocycles. The molecule has 8 heteroatoms. The van der Waals surface area contributed by atoms with Crippen molar-refractivity contribution in [3.63, 3.8) is 0 Å². The molecule has 1 aliphatic heterocycles. The van der Waals surface area contributed by atoms with Gasteiger partial charge in [0, 0.05) is 25.0 Å². The molecule has 2 aliphatic rings. The lowest BCUT2D eigenvalue weighted by Gasteiger charge is -2.26. The van der Waals surface area contributed by atoms with Crippen molar-refractivity contribution in [2.24, 2.45) is 11.8 Å². The number of nitrogens with one attached hydrogen (secondary N) is 1. The van der Waals surface area contributed by atoms with Crippen molar-refractivity contribution in [2.75, 3.05) is 19.7 Å². The number of amides is 2. The number of carbonyl (C=O) groups excluding carboxylic acids is 2. The van der Waals surface area contributed by atoms with Gasteiger partial charge in [0.1, 0.15) is 5.75 Å². The van der Waals surface area contributed by atoms with Gasteiger partial charge in [0.25, 0.3) is 5.91 Å². The van der Waals surface area contributed by atoms with Crippen LogP contribution < -0.4 is 10.1 Å². The molecule has 2 aromatic rings. The third-order valence-corrected chi connectivity index (χ3v) is 6.11. The van der Waals surface area contributed by atoms with Crippen LogP contribution in [0.25, 0.3) is 0 Å². The standard InChI is InChI=1S/C22H28N4O4/c1-14(2)20(28)26-11-16-9-17(10-22(16,13-26)21-23-15(3)25-30-21)24-19(27)12-29-18-7-5-4-6-8-18/h4-8,14,16-17H,9-13H2,1-3H3,(H,24,27). The van der Waals surface area contributed by atoms with Gasteiger partial charge in [-0.3, -0.25) is 9.59 Å². The number of hydrogen-bond donors (Lipinski definition) is 1. The second-order valence-electron chi connectivity index (χ2n) is 8.68. The summed E-state index contributed by atoms with van der Waals surface area (Å²) in [5, 5.41) is 7.06. The Morgan fingerprint density at radius 1 is 1.33 bits per heavy atom. The van der Waals surface area contributed by atoms with Crippen LogP contribution in [0.3, 0.4) is 0 Å². The van der Waals surface area contributed by atoms with Crippen LogP contribution in [0.4, 0.5) is 0 Å². The van der Waals surface area contributed by atoms with Crippen LogP contribution in [-0.2, 0) is 15.0 Å². The van der Waals surface area contributed by atoms with Crippen molar-refractivity contribution in [1.29, 1.82) is 0 Å². The van der Waals surface area contributed by atoms with Gasteiger partial charge in [-0.1, -0.05) is 37.2 Å². The fraction of sp³-hybridized carbons (Fsp3) is 0.545. The lowest BCUT2D eigenvalue weighted by molar-refractivity contribution is -0.134. The van der Waals surface area contributed by atoms with Crippen molar-refractivity contribution in [2.45, 2.75) is 45.1 Å². The number of rotatable bonds is 6. The van der Waals surface area contributed by atoms with Crippen LogP contribution in [0.2, 0.25) is 0 Å². The molecule has 3 unspecified atom stereocenters. The zero-order valence-corrected chi connectivity index (χ0v) is 17.6. The Morgan fingerprint density at radius 2 is 2.10 bits per heavy atom. The number of aryl methyl sites for hydroxylation is 1. The summed E-state index contributed by atoms with van der Waals surface area (Å²) in [5.41, 5.74) is -0.413. The smallest absolute Gasteiger partial charge is 0.258 e. The van der Waals surface area contributed by atoms with Gasteiger partial charge in [-0.2, -0.15) is 4.98 Å². The highest BCUT2D eigenvalue weighted by Crippen LogP contribution is 2.50. The van der Waals surface area contributed by atoms with Gasteiger partial charge in [-0.05, 0) is 37.8 Å². The Bertz CT molecular complexity index is 913. The molecule has 1 aromatic carbocycles. The average Bonchev–Trinajstić information content (AvgIpc) is 3.39. The van der Waals surface area contributed by atoms with E-state index in [4.69, 9.17) is 9.26 Å². The van der Waals surface area contributed by atoms with Crippen molar-refractivity contribution in [3.8, 4) is 5.75 Å². The summed E-state index contributed by atoms with van der Waals surface area (Å²) in [6.45, 7) is 6.77. The van der Waals surface area contributed by atoms with Gasteiger partial charge < -0.3 is 19.5 Å². The Morgan fingerprint density at radius 3 is 2.77 bits per heavy atom. The molecule has 2 fully saturated rings. The fourth-order valence-electron chi connectivity index (χ4n) is 4.78. The number of para-hydroxylation sites is 1. The first-order chi connectivity index (χ1) is 14.4. The molecule has 8 nitrogen and oxygen atoms in total. The lowest BCUT2D eigenvalue weighted by atomic mass is 9.80. The summed E-state index contributed by atoms with van der Waals surface area (Å²) in [5.74, 6) is 1.90. The fourth-order valence-corrected chi connectivity index (χ4v) is 4.78. The molecule has 1 saturated heterocycles. The van der Waals surface area contributed by atoms with Crippen molar-refractivity contribution in [3.05, 3.63) is 42.0 Å². The van der Waals surface area contributed by atoms with Crippen LogP contribution in [0.15, 0.2) is 34.9 Å². The predicted molar refractivity (Wildman–Crippen MR) is 109 cm³/mol. The van der Waals surface area contributed by atoms with Gasteiger partial charge in [-0.25, -0.2) is 0 Å². The van der Waals surface area contributed by atoms with E-state index in [2.05, 4.69) is 15.5 Å². The Hall–Kier alpha value is -2.90. The first kappa shape index (κ1) is 20.4. The van der Waals surface area contributed by atoms with Gasteiger partial charge >= 0.3 is 0 Å². The minimum absolute atomic E-state index is 0.0228. The van der Waals surface area contributed by atoms with Crippen LogP contribution >= 0.6 is 0 Å². The average molecular weight is 412 g/mol. The third-order valence-electron chi connectivity index (χ3n) is 6.11. The normalized spacial score (nSPS) is 25.4. The molecule has 0 bridgehead atoms. The maximum Gasteiger partial charge on any atom is 0.258 e. The predicted octanol–water partition coefficient (Wildman–Crippen LogP) is 2.09. The van der Waals surface area contributed by atoms with E-state index in [-0.39, 0.29) is 36.3 Å². The van der Waals surface area contributed by atoms with Crippen LogP contribution in [0, 0.1) is 18.8 Å². The second-order valence-corrected chi connectivity index (χ2v) is 8.68. The SMILES string of the molecule is Cc1noc(C23CC(NC(=O)COc4ccccc4)CC2CN(C(=O)C(C)C)C3)n1. The highest BCUT2D eigenvalue weighted by molar-refractivity contribution is 5.79. The number of likely N-dealkylation sites (tertiary alicyclic amines) is 1. The molecule has 1 saturated carbocycles. The molecular formula is C22H28N4O4. The molecule has 1 N–H and O–H groups in total. The molecule has 0 radical (unpaired) electrons. The van der Waals surface area contributed by atoms with Gasteiger partial charge in [-0.15, -0.1) is 0 Å². The van der Waals surface area contributed by atoms with Crippen LogP contribution in [0.5, 0.6) is 5.75 Å². The molecule has 0 spiro atoms. The molecule has 30 heavy (non-hydrogen) atoms. The molecule has 1 aliphatic carbocycles. The lowest BCUT2D eigenvalue weighted by Crippen LogP contribution is -2.41. The summed E-state index contributed by atoms with van der Waals surface area (Å²) in [6, 6.07) is 9.25.